The maximum absolute atomic E-state index is 12.5. The van der Waals surface area contributed by atoms with Crippen LogP contribution in [0.15, 0.2) is 35.5 Å². The molecular weight excluding hydrogens is 396 g/mol. The number of nitrogens with one attached hydrogen (secondary N) is 1. The van der Waals surface area contributed by atoms with Crippen LogP contribution >= 0.6 is 11.8 Å². The van der Waals surface area contributed by atoms with Crippen molar-refractivity contribution in [3.05, 3.63) is 36.2 Å². The van der Waals surface area contributed by atoms with E-state index in [4.69, 9.17) is 0 Å². The van der Waals surface area contributed by atoms with Crippen molar-refractivity contribution in [2.45, 2.75) is 57.3 Å². The second kappa shape index (κ2) is 10.1. The van der Waals surface area contributed by atoms with E-state index in [-0.39, 0.29) is 17.6 Å². The maximum Gasteiger partial charge on any atom is 0.231 e. The molecule has 2 heterocycles. The summed E-state index contributed by atoms with van der Waals surface area (Å²) in [6.45, 7) is 8.51. The number of thioether (sulfide) groups is 1. The SMILES string of the molecule is CC(C)C(C)(C#N)NC(=O)CSc1nnc(CN2CCCCC2)n1-c1ccccc1. The molecule has 30 heavy (non-hydrogen) atoms. The summed E-state index contributed by atoms with van der Waals surface area (Å²) in [5.41, 5.74) is 0.103. The maximum atomic E-state index is 12.5. The number of amides is 1. The lowest BCUT2D eigenvalue weighted by Gasteiger charge is -2.27. The van der Waals surface area contributed by atoms with Crippen LogP contribution < -0.4 is 5.32 Å². The van der Waals surface area contributed by atoms with E-state index in [2.05, 4.69) is 26.5 Å². The average molecular weight is 427 g/mol. The molecule has 1 fully saturated rings. The van der Waals surface area contributed by atoms with Gasteiger partial charge in [-0.15, -0.1) is 10.2 Å². The van der Waals surface area contributed by atoms with E-state index in [1.54, 1.807) is 6.92 Å². The monoisotopic (exact) mass is 426 g/mol. The first kappa shape index (κ1) is 22.3. The Morgan fingerprint density at radius 3 is 2.57 bits per heavy atom. The Morgan fingerprint density at radius 1 is 1.23 bits per heavy atom. The van der Waals surface area contributed by atoms with E-state index in [9.17, 15) is 10.1 Å². The van der Waals surface area contributed by atoms with Crippen molar-refractivity contribution in [2.75, 3.05) is 18.8 Å². The van der Waals surface area contributed by atoms with Gasteiger partial charge in [-0.1, -0.05) is 50.2 Å². The van der Waals surface area contributed by atoms with Crippen molar-refractivity contribution in [1.82, 2.24) is 25.0 Å². The minimum atomic E-state index is -0.885. The summed E-state index contributed by atoms with van der Waals surface area (Å²) < 4.78 is 2.04. The van der Waals surface area contributed by atoms with Crippen LogP contribution in [0.5, 0.6) is 0 Å². The molecule has 0 aliphatic carbocycles. The number of nitrogens with zero attached hydrogens (tertiary/aromatic N) is 5. The van der Waals surface area contributed by atoms with Crippen molar-refractivity contribution in [3.63, 3.8) is 0 Å². The Balaban J connectivity index is 1.76. The number of aromatic nitrogens is 3. The quantitative estimate of drug-likeness (QED) is 0.651. The molecule has 1 unspecified atom stereocenters. The van der Waals surface area contributed by atoms with Crippen molar-refractivity contribution >= 4 is 17.7 Å². The molecule has 160 valence electrons. The van der Waals surface area contributed by atoms with Gasteiger partial charge < -0.3 is 5.32 Å². The highest BCUT2D eigenvalue weighted by Crippen LogP contribution is 2.24. The highest BCUT2D eigenvalue weighted by Gasteiger charge is 2.30. The molecule has 3 rings (SSSR count). The molecule has 1 aliphatic rings. The first-order valence-corrected chi connectivity index (χ1v) is 11.5. The molecule has 1 aromatic heterocycles. The fourth-order valence-corrected chi connectivity index (χ4v) is 4.18. The van der Waals surface area contributed by atoms with Crippen LogP contribution in [0.25, 0.3) is 5.69 Å². The molecule has 0 spiro atoms. The molecule has 8 heteroatoms. The van der Waals surface area contributed by atoms with Crippen LogP contribution in [0.1, 0.15) is 45.9 Å². The van der Waals surface area contributed by atoms with Gasteiger partial charge in [0.25, 0.3) is 0 Å². The van der Waals surface area contributed by atoms with Crippen LogP contribution in [0.2, 0.25) is 0 Å². The number of nitriles is 1. The largest absolute Gasteiger partial charge is 0.337 e. The minimum absolute atomic E-state index is 0.0144. The van der Waals surface area contributed by atoms with Crippen molar-refractivity contribution in [2.24, 2.45) is 5.92 Å². The second-order valence-electron chi connectivity index (χ2n) is 8.21. The van der Waals surface area contributed by atoms with Crippen molar-refractivity contribution in [1.29, 1.82) is 5.26 Å². The summed E-state index contributed by atoms with van der Waals surface area (Å²) >= 11 is 1.35. The van der Waals surface area contributed by atoms with Crippen molar-refractivity contribution in [3.8, 4) is 11.8 Å². The number of hydrogen-bond donors (Lipinski definition) is 1. The van der Waals surface area contributed by atoms with E-state index in [1.807, 2.05) is 48.7 Å². The van der Waals surface area contributed by atoms with Crippen LogP contribution in [-0.4, -0.2) is 50.0 Å². The molecule has 2 aromatic rings. The lowest BCUT2D eigenvalue weighted by molar-refractivity contribution is -0.120. The van der Waals surface area contributed by atoms with Crippen molar-refractivity contribution < 1.29 is 4.79 Å². The van der Waals surface area contributed by atoms with E-state index in [0.29, 0.717) is 5.16 Å². The average Bonchev–Trinajstić information content (AvgIpc) is 3.15. The third kappa shape index (κ3) is 5.41. The number of para-hydroxylation sites is 1. The van der Waals surface area contributed by atoms with E-state index in [1.165, 1.54) is 31.0 Å². The van der Waals surface area contributed by atoms with Gasteiger partial charge in [-0.3, -0.25) is 14.3 Å². The van der Waals surface area contributed by atoms with Gasteiger partial charge in [0.2, 0.25) is 5.91 Å². The lowest BCUT2D eigenvalue weighted by atomic mass is 9.90. The number of likely N-dealkylation sites (tertiary alicyclic amines) is 1. The number of piperidine rings is 1. The molecule has 1 N–H and O–H groups in total. The molecule has 1 saturated heterocycles. The van der Waals surface area contributed by atoms with Gasteiger partial charge in [0.15, 0.2) is 11.0 Å². The number of rotatable bonds is 8. The topological polar surface area (TPSA) is 86.8 Å². The highest BCUT2D eigenvalue weighted by molar-refractivity contribution is 7.99. The highest BCUT2D eigenvalue weighted by atomic mass is 32.2. The molecule has 0 bridgehead atoms. The zero-order chi connectivity index (χ0) is 21.6. The van der Waals surface area contributed by atoms with Crippen LogP contribution in [0, 0.1) is 17.2 Å². The van der Waals surface area contributed by atoms with Crippen LogP contribution in [0.4, 0.5) is 0 Å². The third-order valence-corrected chi connectivity index (χ3v) is 6.58. The zero-order valence-corrected chi connectivity index (χ0v) is 18.8. The Labute approximate surface area is 182 Å². The number of carbonyl (C=O) groups excluding carboxylic acids is 1. The Bertz CT molecular complexity index is 885. The van der Waals surface area contributed by atoms with Gasteiger partial charge in [-0.25, -0.2) is 0 Å². The molecule has 0 radical (unpaired) electrons. The van der Waals surface area contributed by atoms with E-state index in [0.717, 1.165) is 31.1 Å². The summed E-state index contributed by atoms with van der Waals surface area (Å²) in [6.07, 6.45) is 3.72. The van der Waals surface area contributed by atoms with Gasteiger partial charge in [-0.2, -0.15) is 5.26 Å². The predicted octanol–water partition coefficient (Wildman–Crippen LogP) is 3.40. The lowest BCUT2D eigenvalue weighted by Crippen LogP contribution is -2.49. The fourth-order valence-electron chi connectivity index (χ4n) is 3.41. The molecule has 7 nitrogen and oxygen atoms in total. The van der Waals surface area contributed by atoms with Crippen LogP contribution in [-0.2, 0) is 11.3 Å². The van der Waals surface area contributed by atoms with E-state index < -0.39 is 5.54 Å². The Kier molecular flexibility index (Phi) is 7.51. The Morgan fingerprint density at radius 2 is 1.93 bits per heavy atom. The Hall–Kier alpha value is -2.37. The number of carbonyl (C=O) groups is 1. The number of benzene rings is 1. The summed E-state index contributed by atoms with van der Waals surface area (Å²) in [6, 6.07) is 12.2. The fraction of sp³-hybridized carbons (Fsp3) is 0.545. The molecular formula is C22H30N6OS. The molecule has 1 aliphatic heterocycles. The predicted molar refractivity (Wildman–Crippen MR) is 118 cm³/mol. The second-order valence-corrected chi connectivity index (χ2v) is 9.15. The zero-order valence-electron chi connectivity index (χ0n) is 18.0. The summed E-state index contributed by atoms with van der Waals surface area (Å²) in [4.78, 5) is 14.9. The smallest absolute Gasteiger partial charge is 0.231 e. The standard InChI is InChI=1S/C22H30N6OS/c1-17(2)22(3,16-23)24-20(29)15-30-21-26-25-19(14-27-12-8-5-9-13-27)28(21)18-10-6-4-7-11-18/h4,6-7,10-11,17H,5,8-9,12-15H2,1-3H3,(H,24,29). The van der Waals surface area contributed by atoms with E-state index >= 15 is 0 Å². The van der Waals surface area contributed by atoms with Crippen LogP contribution in [0.3, 0.4) is 0 Å². The summed E-state index contributed by atoms with van der Waals surface area (Å²) in [7, 11) is 0. The molecule has 1 amide bonds. The third-order valence-electron chi connectivity index (χ3n) is 5.65. The molecule has 0 saturated carbocycles. The summed E-state index contributed by atoms with van der Waals surface area (Å²) in [5, 5.41) is 21.8. The van der Waals surface area contributed by atoms with Gasteiger partial charge in [-0.05, 0) is 50.9 Å². The first-order chi connectivity index (χ1) is 14.4. The first-order valence-electron chi connectivity index (χ1n) is 10.5. The normalized spacial score (nSPS) is 16.8. The van der Waals surface area contributed by atoms with Gasteiger partial charge in [0.1, 0.15) is 5.54 Å². The van der Waals surface area contributed by atoms with Gasteiger partial charge in [0.05, 0.1) is 18.4 Å². The number of hydrogen-bond acceptors (Lipinski definition) is 6. The molecule has 1 aromatic carbocycles. The summed E-state index contributed by atoms with van der Waals surface area (Å²) in [5.74, 6) is 0.895. The van der Waals surface area contributed by atoms with Gasteiger partial charge in [0, 0.05) is 5.69 Å². The minimum Gasteiger partial charge on any atom is -0.337 e. The molecule has 1 atom stereocenters. The van der Waals surface area contributed by atoms with Gasteiger partial charge >= 0.3 is 0 Å².